The number of hydrogen-bond donors (Lipinski definition) is 1. The summed E-state index contributed by atoms with van der Waals surface area (Å²) in [6.07, 6.45) is 1.00. The molecule has 0 aliphatic carbocycles. The SMILES string of the molecule is CNC(=O)c1ccc(CN(C)C(=O)[C@@H]2SCCc3ccccc32)o1. The summed E-state index contributed by atoms with van der Waals surface area (Å²) in [4.78, 5) is 26.0. The van der Waals surface area contributed by atoms with Gasteiger partial charge >= 0.3 is 0 Å². The van der Waals surface area contributed by atoms with Crippen LogP contribution in [0.1, 0.15) is 32.7 Å². The number of thioether (sulfide) groups is 1. The zero-order valence-electron chi connectivity index (χ0n) is 13.7. The third-order valence-corrected chi connectivity index (χ3v) is 5.33. The van der Waals surface area contributed by atoms with E-state index >= 15 is 0 Å². The molecule has 5 nitrogen and oxygen atoms in total. The van der Waals surface area contributed by atoms with Crippen molar-refractivity contribution >= 4 is 23.6 Å². The predicted molar refractivity (Wildman–Crippen MR) is 93.9 cm³/mol. The number of rotatable bonds is 4. The number of carbonyl (C=O) groups is 2. The molecule has 0 fully saturated rings. The highest BCUT2D eigenvalue weighted by molar-refractivity contribution is 8.00. The minimum atomic E-state index is -0.271. The Morgan fingerprint density at radius 1 is 1.29 bits per heavy atom. The van der Waals surface area contributed by atoms with E-state index in [-0.39, 0.29) is 22.8 Å². The van der Waals surface area contributed by atoms with Gasteiger partial charge in [-0.15, -0.1) is 11.8 Å². The molecule has 24 heavy (non-hydrogen) atoms. The molecule has 0 saturated heterocycles. The summed E-state index contributed by atoms with van der Waals surface area (Å²) in [5.41, 5.74) is 2.36. The van der Waals surface area contributed by atoms with Crippen LogP contribution in [0, 0.1) is 0 Å². The number of nitrogens with one attached hydrogen (secondary N) is 1. The lowest BCUT2D eigenvalue weighted by Gasteiger charge is -2.27. The molecule has 1 aliphatic rings. The predicted octanol–water partition coefficient (Wildman–Crippen LogP) is 2.63. The average Bonchev–Trinajstić information content (AvgIpc) is 3.08. The van der Waals surface area contributed by atoms with E-state index in [1.165, 1.54) is 5.56 Å². The summed E-state index contributed by atoms with van der Waals surface area (Å²) >= 11 is 1.68. The summed E-state index contributed by atoms with van der Waals surface area (Å²) in [5.74, 6) is 1.59. The maximum Gasteiger partial charge on any atom is 0.286 e. The molecule has 0 bridgehead atoms. The number of nitrogens with zero attached hydrogens (tertiary/aromatic N) is 1. The second-order valence-electron chi connectivity index (χ2n) is 5.74. The van der Waals surface area contributed by atoms with Crippen molar-refractivity contribution < 1.29 is 14.0 Å². The van der Waals surface area contributed by atoms with Gasteiger partial charge < -0.3 is 14.6 Å². The lowest BCUT2D eigenvalue weighted by atomic mass is 10.0. The minimum Gasteiger partial charge on any atom is -0.454 e. The van der Waals surface area contributed by atoms with E-state index in [9.17, 15) is 9.59 Å². The molecular formula is C18H20N2O3S. The van der Waals surface area contributed by atoms with Gasteiger partial charge in [0.05, 0.1) is 6.54 Å². The fourth-order valence-electron chi connectivity index (χ4n) is 2.82. The van der Waals surface area contributed by atoms with E-state index in [4.69, 9.17) is 4.42 Å². The number of carbonyl (C=O) groups excluding carboxylic acids is 2. The van der Waals surface area contributed by atoms with Gasteiger partial charge in [-0.1, -0.05) is 24.3 Å². The Hall–Kier alpha value is -2.21. The zero-order chi connectivity index (χ0) is 17.1. The first-order valence-electron chi connectivity index (χ1n) is 7.85. The number of furan rings is 1. The Balaban J connectivity index is 1.72. The summed E-state index contributed by atoms with van der Waals surface area (Å²) < 4.78 is 5.50. The summed E-state index contributed by atoms with van der Waals surface area (Å²) in [5, 5.41) is 2.34. The van der Waals surface area contributed by atoms with Gasteiger partial charge in [0.15, 0.2) is 5.76 Å². The molecule has 2 aromatic rings. The van der Waals surface area contributed by atoms with Crippen molar-refractivity contribution in [3.05, 3.63) is 59.0 Å². The van der Waals surface area contributed by atoms with Crippen LogP contribution in [0.4, 0.5) is 0 Å². The van der Waals surface area contributed by atoms with Crippen LogP contribution >= 0.6 is 11.8 Å². The number of amides is 2. The fourth-order valence-corrected chi connectivity index (χ4v) is 4.12. The van der Waals surface area contributed by atoms with Gasteiger partial charge in [0.25, 0.3) is 5.91 Å². The lowest BCUT2D eigenvalue weighted by Crippen LogP contribution is -2.31. The van der Waals surface area contributed by atoms with E-state index in [0.717, 1.165) is 17.7 Å². The third-order valence-electron chi connectivity index (χ3n) is 4.10. The Morgan fingerprint density at radius 2 is 2.08 bits per heavy atom. The molecule has 1 atom stereocenters. The molecule has 3 rings (SSSR count). The van der Waals surface area contributed by atoms with Crippen molar-refractivity contribution in [1.82, 2.24) is 10.2 Å². The van der Waals surface area contributed by atoms with E-state index in [2.05, 4.69) is 11.4 Å². The van der Waals surface area contributed by atoms with Gasteiger partial charge in [-0.2, -0.15) is 0 Å². The molecule has 0 spiro atoms. The van der Waals surface area contributed by atoms with Crippen LogP contribution in [0.5, 0.6) is 0 Å². The summed E-state index contributed by atoms with van der Waals surface area (Å²) in [6.45, 7) is 0.342. The number of aryl methyl sites for hydroxylation is 1. The molecule has 2 heterocycles. The molecule has 0 saturated carbocycles. The van der Waals surface area contributed by atoms with Crippen LogP contribution in [0.2, 0.25) is 0 Å². The molecule has 0 unspecified atom stereocenters. The van der Waals surface area contributed by atoms with Gasteiger partial charge in [0, 0.05) is 14.1 Å². The van der Waals surface area contributed by atoms with Crippen molar-refractivity contribution in [3.8, 4) is 0 Å². The monoisotopic (exact) mass is 344 g/mol. The maximum absolute atomic E-state index is 12.8. The largest absolute Gasteiger partial charge is 0.454 e. The van der Waals surface area contributed by atoms with E-state index in [0.29, 0.717) is 12.3 Å². The second-order valence-corrected chi connectivity index (χ2v) is 6.95. The number of likely N-dealkylation sites (N-methyl/N-ethyl adjacent to an activating group) is 1. The van der Waals surface area contributed by atoms with Crippen molar-refractivity contribution in [1.29, 1.82) is 0 Å². The molecule has 2 amide bonds. The van der Waals surface area contributed by atoms with E-state index < -0.39 is 0 Å². The number of benzene rings is 1. The van der Waals surface area contributed by atoms with Crippen LogP contribution in [0.25, 0.3) is 0 Å². The Kier molecular flexibility index (Phi) is 4.94. The number of fused-ring (bicyclic) bond motifs is 1. The first kappa shape index (κ1) is 16.6. The second kappa shape index (κ2) is 7.13. The van der Waals surface area contributed by atoms with Gasteiger partial charge in [0.2, 0.25) is 5.91 Å². The minimum absolute atomic E-state index is 0.0602. The molecule has 1 aromatic heterocycles. The summed E-state index contributed by atoms with van der Waals surface area (Å²) in [6, 6.07) is 11.5. The standard InChI is InChI=1S/C18H20N2O3S/c1-19-17(21)15-8-7-13(23-15)11-20(2)18(22)16-14-6-4-3-5-12(14)9-10-24-16/h3-8,16H,9-11H2,1-2H3,(H,19,21)/t16-/m1/s1. The molecule has 0 radical (unpaired) electrons. The molecule has 1 aromatic carbocycles. The van der Waals surface area contributed by atoms with Crippen molar-refractivity contribution in [2.24, 2.45) is 0 Å². The van der Waals surface area contributed by atoms with Crippen LogP contribution < -0.4 is 5.32 Å². The van der Waals surface area contributed by atoms with Crippen LogP contribution in [0.15, 0.2) is 40.8 Å². The van der Waals surface area contributed by atoms with Gasteiger partial charge in [0.1, 0.15) is 11.0 Å². The third kappa shape index (κ3) is 3.33. The Labute approximate surface area is 145 Å². The Bertz CT molecular complexity index is 756. The van der Waals surface area contributed by atoms with E-state index in [1.807, 2.05) is 18.2 Å². The Morgan fingerprint density at radius 3 is 2.88 bits per heavy atom. The molecule has 6 heteroatoms. The first-order valence-corrected chi connectivity index (χ1v) is 8.90. The fraction of sp³-hybridized carbons (Fsp3) is 0.333. The van der Waals surface area contributed by atoms with Crippen molar-refractivity contribution in [2.75, 3.05) is 19.8 Å². The highest BCUT2D eigenvalue weighted by Crippen LogP contribution is 2.37. The lowest BCUT2D eigenvalue weighted by molar-refractivity contribution is -0.130. The summed E-state index contributed by atoms with van der Waals surface area (Å²) in [7, 11) is 3.32. The molecular weight excluding hydrogens is 324 g/mol. The zero-order valence-corrected chi connectivity index (χ0v) is 14.6. The topological polar surface area (TPSA) is 62.6 Å². The molecule has 126 valence electrons. The number of hydrogen-bond acceptors (Lipinski definition) is 4. The van der Waals surface area contributed by atoms with Gasteiger partial charge in [-0.3, -0.25) is 9.59 Å². The molecule has 1 aliphatic heterocycles. The van der Waals surface area contributed by atoms with Crippen LogP contribution in [-0.4, -0.2) is 36.6 Å². The highest BCUT2D eigenvalue weighted by Gasteiger charge is 2.29. The quantitative estimate of drug-likeness (QED) is 0.926. The van der Waals surface area contributed by atoms with Gasteiger partial charge in [-0.05, 0) is 35.4 Å². The normalized spacial score (nSPS) is 16.3. The molecule has 1 N–H and O–H groups in total. The average molecular weight is 344 g/mol. The first-order chi connectivity index (χ1) is 11.6. The van der Waals surface area contributed by atoms with Crippen molar-refractivity contribution in [3.63, 3.8) is 0 Å². The van der Waals surface area contributed by atoms with E-state index in [1.54, 1.807) is 42.9 Å². The van der Waals surface area contributed by atoms with Crippen LogP contribution in [0.3, 0.4) is 0 Å². The van der Waals surface area contributed by atoms with Gasteiger partial charge in [-0.25, -0.2) is 0 Å². The maximum atomic E-state index is 12.8. The van der Waals surface area contributed by atoms with Crippen LogP contribution in [-0.2, 0) is 17.8 Å². The highest BCUT2D eigenvalue weighted by atomic mass is 32.2. The smallest absolute Gasteiger partial charge is 0.286 e. The van der Waals surface area contributed by atoms with Crippen molar-refractivity contribution in [2.45, 2.75) is 18.2 Å².